The normalized spacial score (nSPS) is 11.6. The Balaban J connectivity index is 2.11. The Hall–Kier alpha value is -1.20. The van der Waals surface area contributed by atoms with Crippen molar-refractivity contribution in [3.8, 4) is 0 Å². The van der Waals surface area contributed by atoms with Gasteiger partial charge in [-0.2, -0.15) is 10.2 Å². The fourth-order valence-corrected chi connectivity index (χ4v) is 2.05. The lowest BCUT2D eigenvalue weighted by Crippen LogP contribution is -1.87. The van der Waals surface area contributed by atoms with Gasteiger partial charge in [-0.05, 0) is 12.1 Å². The van der Waals surface area contributed by atoms with E-state index in [0.29, 0.717) is 31.5 Å². The number of rotatable bonds is 3. The molecule has 0 aliphatic carbocycles. The van der Waals surface area contributed by atoms with E-state index >= 15 is 0 Å². The topological polar surface area (TPSA) is 50.5 Å². The predicted octanol–water partition coefficient (Wildman–Crippen LogP) is 4.54. The quantitative estimate of drug-likeness (QED) is 0.464. The van der Waals surface area contributed by atoms with Gasteiger partial charge in [-0.3, -0.25) is 0 Å². The zero-order valence-corrected chi connectivity index (χ0v) is 12.8. The highest BCUT2D eigenvalue weighted by molar-refractivity contribution is 6.36. The zero-order valence-electron chi connectivity index (χ0n) is 9.76. The van der Waals surface area contributed by atoms with Gasteiger partial charge < -0.3 is 0 Å². The Bertz CT molecular complexity index is 626. The van der Waals surface area contributed by atoms with Crippen LogP contribution in [0.4, 0.5) is 0 Å². The number of hydrogen-bond donors (Lipinski definition) is 0. The van der Waals surface area contributed by atoms with E-state index in [2.05, 4.69) is 20.2 Å². The molecule has 0 radical (unpaired) electrons. The highest BCUT2D eigenvalue weighted by Crippen LogP contribution is 2.18. The maximum atomic E-state index is 5.95. The average Bonchev–Trinajstić information content (AvgIpc) is 2.39. The van der Waals surface area contributed by atoms with Crippen molar-refractivity contribution in [1.29, 1.82) is 0 Å². The van der Waals surface area contributed by atoms with Gasteiger partial charge in [-0.15, -0.1) is 0 Å². The second-order valence-corrected chi connectivity index (χ2v) is 5.14. The number of hydrogen-bond acceptors (Lipinski definition) is 4. The summed E-state index contributed by atoms with van der Waals surface area (Å²) in [6.45, 7) is 0. The lowest BCUT2D eigenvalue weighted by Gasteiger charge is -1.96. The average molecular weight is 348 g/mol. The summed E-state index contributed by atoms with van der Waals surface area (Å²) < 4.78 is 0. The Kier molecular flexibility index (Phi) is 5.31. The van der Waals surface area contributed by atoms with Crippen LogP contribution in [-0.2, 0) is 0 Å². The molecule has 0 aromatic carbocycles. The molecule has 0 saturated carbocycles. The molecular formula is C12H6Cl4N4. The second kappa shape index (κ2) is 6.99. The molecule has 20 heavy (non-hydrogen) atoms. The third-order valence-corrected chi connectivity index (χ3v) is 3.23. The van der Waals surface area contributed by atoms with Crippen LogP contribution in [0.2, 0.25) is 20.4 Å². The highest BCUT2D eigenvalue weighted by atomic mass is 35.5. The van der Waals surface area contributed by atoms with Crippen molar-refractivity contribution >= 4 is 58.8 Å². The number of pyridine rings is 2. The van der Waals surface area contributed by atoms with Gasteiger partial charge in [-0.25, -0.2) is 9.97 Å². The number of nitrogens with zero attached hydrogens (tertiary/aromatic N) is 4. The second-order valence-electron chi connectivity index (χ2n) is 3.55. The molecule has 0 fully saturated rings. The molecule has 0 aliphatic rings. The lowest BCUT2D eigenvalue weighted by molar-refractivity contribution is 1.25. The number of halogens is 4. The van der Waals surface area contributed by atoms with Crippen LogP contribution in [0.15, 0.2) is 34.7 Å². The van der Waals surface area contributed by atoms with Crippen molar-refractivity contribution < 1.29 is 0 Å². The molecule has 8 heteroatoms. The first-order valence-electron chi connectivity index (χ1n) is 5.25. The van der Waals surface area contributed by atoms with Crippen LogP contribution in [0.3, 0.4) is 0 Å². The summed E-state index contributed by atoms with van der Waals surface area (Å²) >= 11 is 23.3. The molecule has 2 rings (SSSR count). The van der Waals surface area contributed by atoms with Gasteiger partial charge in [0.05, 0.1) is 22.5 Å². The largest absolute Gasteiger partial charge is 0.244 e. The van der Waals surface area contributed by atoms with Crippen LogP contribution in [-0.4, -0.2) is 22.4 Å². The van der Waals surface area contributed by atoms with E-state index in [9.17, 15) is 0 Å². The molecule has 2 aromatic rings. The third-order valence-electron chi connectivity index (χ3n) is 2.16. The lowest BCUT2D eigenvalue weighted by atomic mass is 10.3. The van der Waals surface area contributed by atoms with E-state index in [1.807, 2.05) is 0 Å². The first-order valence-corrected chi connectivity index (χ1v) is 6.76. The highest BCUT2D eigenvalue weighted by Gasteiger charge is 2.00. The minimum Gasteiger partial charge on any atom is -0.244 e. The van der Waals surface area contributed by atoms with Crippen molar-refractivity contribution in [2.24, 2.45) is 10.2 Å². The third kappa shape index (κ3) is 4.15. The van der Waals surface area contributed by atoms with Gasteiger partial charge in [-0.1, -0.05) is 46.4 Å². The number of aromatic nitrogens is 2. The fourth-order valence-electron chi connectivity index (χ4n) is 1.22. The smallest absolute Gasteiger partial charge is 0.130 e. The molecule has 4 nitrogen and oxygen atoms in total. The van der Waals surface area contributed by atoms with Crippen molar-refractivity contribution in [3.05, 3.63) is 56.0 Å². The van der Waals surface area contributed by atoms with Gasteiger partial charge in [0.15, 0.2) is 0 Å². The van der Waals surface area contributed by atoms with E-state index in [-0.39, 0.29) is 0 Å². The standard InChI is InChI=1S/C12H6Cl4N4/c13-9-1-11(15)17-3-7(9)5-19-20-6-8-4-18-12(16)2-10(8)14/h1-6H/b19-5-,20-6-. The molecule has 102 valence electrons. The molecular weight excluding hydrogens is 342 g/mol. The molecule has 2 aromatic heterocycles. The molecule has 2 heterocycles. The van der Waals surface area contributed by atoms with Gasteiger partial charge in [0.25, 0.3) is 0 Å². The Morgan fingerprint density at radius 1 is 0.750 bits per heavy atom. The van der Waals surface area contributed by atoms with Crippen molar-refractivity contribution in [2.45, 2.75) is 0 Å². The first kappa shape index (κ1) is 15.2. The predicted molar refractivity (Wildman–Crippen MR) is 83.7 cm³/mol. The van der Waals surface area contributed by atoms with E-state index < -0.39 is 0 Å². The van der Waals surface area contributed by atoms with Crippen LogP contribution >= 0.6 is 46.4 Å². The Morgan fingerprint density at radius 3 is 1.50 bits per heavy atom. The molecule has 0 unspecified atom stereocenters. The van der Waals surface area contributed by atoms with E-state index in [4.69, 9.17) is 46.4 Å². The zero-order chi connectivity index (χ0) is 14.5. The summed E-state index contributed by atoms with van der Waals surface area (Å²) in [4.78, 5) is 7.79. The minimum atomic E-state index is 0.315. The molecule has 0 atom stereocenters. The minimum absolute atomic E-state index is 0.315. The van der Waals surface area contributed by atoms with E-state index in [1.54, 1.807) is 0 Å². The summed E-state index contributed by atoms with van der Waals surface area (Å²) in [5, 5.41) is 9.21. The Labute approximate surface area is 135 Å². The van der Waals surface area contributed by atoms with Crippen LogP contribution in [0.25, 0.3) is 0 Å². The summed E-state index contributed by atoms with van der Waals surface area (Å²) in [5.41, 5.74) is 1.21. The van der Waals surface area contributed by atoms with Crippen molar-refractivity contribution in [3.63, 3.8) is 0 Å². The van der Waals surface area contributed by atoms with Crippen LogP contribution in [0.5, 0.6) is 0 Å². The summed E-state index contributed by atoms with van der Waals surface area (Å²) in [6, 6.07) is 3.04. The SMILES string of the molecule is Clc1cc(Cl)c(/C=N\N=C/c2cnc(Cl)cc2Cl)cn1. The van der Waals surface area contributed by atoms with Gasteiger partial charge in [0.1, 0.15) is 10.3 Å². The van der Waals surface area contributed by atoms with E-state index in [0.717, 1.165) is 0 Å². The molecule has 0 aliphatic heterocycles. The molecule has 0 bridgehead atoms. The maximum Gasteiger partial charge on any atom is 0.130 e. The summed E-state index contributed by atoms with van der Waals surface area (Å²) in [7, 11) is 0. The monoisotopic (exact) mass is 346 g/mol. The maximum absolute atomic E-state index is 5.95. The van der Waals surface area contributed by atoms with Gasteiger partial charge in [0, 0.05) is 23.5 Å². The fraction of sp³-hybridized carbons (Fsp3) is 0. The van der Waals surface area contributed by atoms with Gasteiger partial charge in [0.2, 0.25) is 0 Å². The summed E-state index contributed by atoms with van der Waals surface area (Å²) in [6.07, 6.45) is 5.92. The van der Waals surface area contributed by atoms with Crippen LogP contribution in [0, 0.1) is 0 Å². The molecule has 0 N–H and O–H groups in total. The molecule has 0 amide bonds. The molecule has 0 spiro atoms. The summed E-state index contributed by atoms with van der Waals surface area (Å²) in [5.74, 6) is 0. The Morgan fingerprint density at radius 2 is 1.15 bits per heavy atom. The van der Waals surface area contributed by atoms with Crippen LogP contribution < -0.4 is 0 Å². The van der Waals surface area contributed by atoms with E-state index in [1.165, 1.54) is 37.0 Å². The first-order chi connectivity index (χ1) is 9.56. The van der Waals surface area contributed by atoms with Crippen LogP contribution in [0.1, 0.15) is 11.1 Å². The van der Waals surface area contributed by atoms with Gasteiger partial charge >= 0.3 is 0 Å². The molecule has 0 saturated heterocycles. The van der Waals surface area contributed by atoms with Crippen molar-refractivity contribution in [2.75, 3.05) is 0 Å². The van der Waals surface area contributed by atoms with Crippen molar-refractivity contribution in [1.82, 2.24) is 9.97 Å².